The van der Waals surface area contributed by atoms with E-state index in [9.17, 15) is 29.4 Å². The highest BCUT2D eigenvalue weighted by Crippen LogP contribution is 2.74. The van der Waals surface area contributed by atoms with E-state index in [-0.39, 0.29) is 49.7 Å². The van der Waals surface area contributed by atoms with Gasteiger partial charge < -0.3 is 19.7 Å². The highest BCUT2D eigenvalue weighted by atomic mass is 16.5. The van der Waals surface area contributed by atoms with Crippen molar-refractivity contribution in [1.82, 2.24) is 0 Å². The molecule has 8 heteroatoms. The first-order chi connectivity index (χ1) is 24.3. The van der Waals surface area contributed by atoms with Crippen LogP contribution in [0.3, 0.4) is 0 Å². The smallest absolute Gasteiger partial charge is 0.334 e. The van der Waals surface area contributed by atoms with E-state index in [1.807, 2.05) is 0 Å². The number of rotatable bonds is 7. The van der Waals surface area contributed by atoms with Gasteiger partial charge in [0.1, 0.15) is 6.10 Å². The van der Waals surface area contributed by atoms with Gasteiger partial charge in [-0.25, -0.2) is 19.2 Å². The highest BCUT2D eigenvalue weighted by molar-refractivity contribution is 6.01. The van der Waals surface area contributed by atoms with E-state index in [2.05, 4.69) is 60.6 Å². The van der Waals surface area contributed by atoms with Gasteiger partial charge >= 0.3 is 23.9 Å². The Bertz CT molecular complexity index is 1730. The molecule has 0 aromatic heterocycles. The molecule has 7 aliphatic carbocycles. The van der Waals surface area contributed by atoms with Crippen LogP contribution in [0.2, 0.25) is 0 Å². The number of allylic oxidation sites excluding steroid dienone is 4. The predicted molar refractivity (Wildman–Crippen MR) is 197 cm³/mol. The quantitative estimate of drug-likeness (QED) is 0.250. The molecule has 284 valence electrons. The first-order valence-corrected chi connectivity index (χ1v) is 20.0. The Labute approximate surface area is 309 Å². The van der Waals surface area contributed by atoms with Crippen LogP contribution in [0.25, 0.3) is 0 Å². The number of hydrogen-bond acceptors (Lipinski definition) is 6. The number of esters is 2. The minimum atomic E-state index is -1.01. The van der Waals surface area contributed by atoms with Gasteiger partial charge in [0.15, 0.2) is 0 Å². The summed E-state index contributed by atoms with van der Waals surface area (Å²) in [6.07, 6.45) is 17.0. The number of carbonyl (C=O) groups excluding carboxylic acids is 2. The maximum Gasteiger partial charge on any atom is 0.334 e. The first kappa shape index (κ1) is 37.2. The lowest BCUT2D eigenvalue weighted by Crippen LogP contribution is -2.63. The van der Waals surface area contributed by atoms with E-state index >= 15 is 0 Å². The molecule has 0 heterocycles. The lowest BCUT2D eigenvalue weighted by Gasteiger charge is -2.69. The van der Waals surface area contributed by atoms with Crippen LogP contribution in [-0.2, 0) is 28.7 Å². The summed E-state index contributed by atoms with van der Waals surface area (Å²) in [6, 6.07) is 0. The molecule has 0 bridgehead atoms. The largest absolute Gasteiger partial charge is 0.478 e. The van der Waals surface area contributed by atoms with Gasteiger partial charge in [-0.3, -0.25) is 0 Å². The summed E-state index contributed by atoms with van der Waals surface area (Å²) in [7, 11) is 0. The summed E-state index contributed by atoms with van der Waals surface area (Å²) in [5, 5.41) is 19.3. The van der Waals surface area contributed by atoms with E-state index in [4.69, 9.17) is 9.47 Å². The maximum absolute atomic E-state index is 13.4. The average molecular weight is 717 g/mol. The van der Waals surface area contributed by atoms with Gasteiger partial charge in [-0.2, -0.15) is 0 Å². The zero-order chi connectivity index (χ0) is 37.6. The first-order valence-electron chi connectivity index (χ1n) is 20.0. The van der Waals surface area contributed by atoms with Gasteiger partial charge in [-0.15, -0.1) is 0 Å². The van der Waals surface area contributed by atoms with Crippen LogP contribution in [0.5, 0.6) is 0 Å². The van der Waals surface area contributed by atoms with Crippen molar-refractivity contribution in [2.24, 2.45) is 44.3 Å². The monoisotopic (exact) mass is 716 g/mol. The molecule has 0 amide bonds. The minimum absolute atomic E-state index is 0.00907. The summed E-state index contributed by atoms with van der Waals surface area (Å²) in [5.41, 5.74) is 3.85. The van der Waals surface area contributed by atoms with Gasteiger partial charge in [0, 0.05) is 33.1 Å². The molecule has 0 unspecified atom stereocenters. The van der Waals surface area contributed by atoms with Gasteiger partial charge in [0.2, 0.25) is 0 Å². The number of hydrogen-bond donors (Lipinski definition) is 2. The summed E-state index contributed by atoms with van der Waals surface area (Å²) >= 11 is 0. The fraction of sp³-hybridized carbons (Fsp3) is 0.727. The van der Waals surface area contributed by atoms with Crippen LogP contribution >= 0.6 is 0 Å². The molecule has 3 saturated carbocycles. The number of aliphatic carboxylic acids is 2. The fourth-order valence-electron chi connectivity index (χ4n) is 13.0. The molecule has 3 fully saturated rings. The molecule has 0 radical (unpaired) electrons. The zero-order valence-electron chi connectivity index (χ0n) is 32.5. The van der Waals surface area contributed by atoms with Gasteiger partial charge in [0.25, 0.3) is 0 Å². The molecule has 8 atom stereocenters. The Morgan fingerprint density at radius 1 is 0.731 bits per heavy atom. The Balaban J connectivity index is 1.15. The molecule has 0 aromatic carbocycles. The fourth-order valence-corrected chi connectivity index (χ4v) is 13.0. The van der Waals surface area contributed by atoms with E-state index in [0.29, 0.717) is 68.1 Å². The molecular weight excluding hydrogens is 656 g/mol. The van der Waals surface area contributed by atoms with Gasteiger partial charge in [0.05, 0.1) is 6.61 Å². The van der Waals surface area contributed by atoms with Crippen molar-refractivity contribution >= 4 is 23.9 Å². The van der Waals surface area contributed by atoms with Crippen molar-refractivity contribution < 1.29 is 38.9 Å². The van der Waals surface area contributed by atoms with Gasteiger partial charge in [-0.1, -0.05) is 66.2 Å². The number of carboxylic acids is 2. The lowest BCUT2D eigenvalue weighted by atomic mass is 9.35. The maximum atomic E-state index is 13.4. The number of fused-ring (bicyclic) bond motifs is 6. The predicted octanol–water partition coefficient (Wildman–Crippen LogP) is 9.29. The molecule has 52 heavy (non-hydrogen) atoms. The van der Waals surface area contributed by atoms with Gasteiger partial charge in [-0.05, 0) is 135 Å². The lowest BCUT2D eigenvalue weighted by molar-refractivity contribution is -0.197. The number of carbonyl (C=O) groups is 4. The van der Waals surface area contributed by atoms with Crippen LogP contribution < -0.4 is 0 Å². The molecule has 7 aliphatic rings. The second kappa shape index (κ2) is 12.4. The van der Waals surface area contributed by atoms with Crippen molar-refractivity contribution in [3.63, 3.8) is 0 Å². The molecule has 0 aliphatic heterocycles. The van der Waals surface area contributed by atoms with E-state index in [1.165, 1.54) is 11.1 Å². The van der Waals surface area contributed by atoms with Crippen molar-refractivity contribution in [2.45, 2.75) is 151 Å². The highest BCUT2D eigenvalue weighted by Gasteiger charge is 2.67. The van der Waals surface area contributed by atoms with Crippen LogP contribution in [0.15, 0.2) is 45.6 Å². The average Bonchev–Trinajstić information content (AvgIpc) is 3.78. The molecule has 2 N–H and O–H groups in total. The molecule has 0 saturated heterocycles. The van der Waals surface area contributed by atoms with E-state index in [1.54, 1.807) is 0 Å². The summed E-state index contributed by atoms with van der Waals surface area (Å²) in [4.78, 5) is 50.0. The Kier molecular flexibility index (Phi) is 8.89. The molecular formula is C44H60O8. The molecule has 7 rings (SSSR count). The third kappa shape index (κ3) is 5.49. The summed E-state index contributed by atoms with van der Waals surface area (Å²) in [5.74, 6) is -2.19. The van der Waals surface area contributed by atoms with E-state index < -0.39 is 23.9 Å². The summed E-state index contributed by atoms with van der Waals surface area (Å²) in [6.45, 7) is 17.1. The number of ether oxygens (including phenoxy) is 2. The standard InChI is InChI=1S/C44H60O8/c1-39(2)32-16-19-44(7)33(42(32,5)18-17-34(39)52-38(50)29-13-9-11-27(29)36(47)48)15-14-30-31-24-40(3,20-21-41(31,4)22-23-43(30,44)6)25-51-37(49)28-12-8-10-26(28)35(45)46/h14-15,32-34H,8-13,16-25H2,1-7H3,(H,45,46)(H,47,48)/t32-,33+,34-,40-,41+,42-,43+,44+/m0/s1. The van der Waals surface area contributed by atoms with Crippen LogP contribution in [0.4, 0.5) is 0 Å². The molecule has 8 nitrogen and oxygen atoms in total. The van der Waals surface area contributed by atoms with Crippen molar-refractivity contribution in [3.05, 3.63) is 45.6 Å². The topological polar surface area (TPSA) is 127 Å². The number of carboxylic acid groups (broad SMARTS) is 2. The van der Waals surface area contributed by atoms with Crippen LogP contribution in [-0.4, -0.2) is 46.8 Å². The van der Waals surface area contributed by atoms with E-state index in [0.717, 1.165) is 57.8 Å². The Hall–Kier alpha value is -3.16. The van der Waals surface area contributed by atoms with Crippen LogP contribution in [0.1, 0.15) is 145 Å². The summed E-state index contributed by atoms with van der Waals surface area (Å²) < 4.78 is 12.2. The second-order valence-electron chi connectivity index (χ2n) is 19.7. The van der Waals surface area contributed by atoms with Crippen LogP contribution in [0, 0.1) is 44.3 Å². The minimum Gasteiger partial charge on any atom is -0.478 e. The molecule has 0 aromatic rings. The SMILES string of the molecule is CC1(C)[C@@H](OC(=O)C2=C(C(=O)O)CCC2)CC[C@]2(C)[C@H]3C=CC4=C5C[C@@](C)(COC(=O)C6=C(C(=O)O)CCC6)CC[C@]5(C)CC[C@@]4(C)[C@]3(C)CC[C@@H]12. The Morgan fingerprint density at radius 2 is 1.33 bits per heavy atom. The second-order valence-corrected chi connectivity index (χ2v) is 19.7. The normalized spacial score (nSPS) is 40.8. The third-order valence-electron chi connectivity index (χ3n) is 16.5. The Morgan fingerprint density at radius 3 is 1.96 bits per heavy atom. The third-order valence-corrected chi connectivity index (χ3v) is 16.5. The van der Waals surface area contributed by atoms with Crippen molar-refractivity contribution in [2.75, 3.05) is 6.61 Å². The van der Waals surface area contributed by atoms with Crippen molar-refractivity contribution in [3.8, 4) is 0 Å². The zero-order valence-corrected chi connectivity index (χ0v) is 32.5. The van der Waals surface area contributed by atoms with Crippen molar-refractivity contribution in [1.29, 1.82) is 0 Å². The molecule has 0 spiro atoms.